The third kappa shape index (κ3) is 3.35. The second kappa shape index (κ2) is 8.26. The van der Waals surface area contributed by atoms with E-state index in [0.717, 1.165) is 30.6 Å². The zero-order chi connectivity index (χ0) is 24.8. The van der Waals surface area contributed by atoms with Gasteiger partial charge in [0.2, 0.25) is 0 Å². The summed E-state index contributed by atoms with van der Waals surface area (Å²) in [5, 5.41) is 31.9. The first-order valence-corrected chi connectivity index (χ1v) is 14.1. The summed E-state index contributed by atoms with van der Waals surface area (Å²) in [5.74, 6) is 3.79. The quantitative estimate of drug-likeness (QED) is 0.479. The Hall–Kier alpha value is -0.490. The van der Waals surface area contributed by atoms with E-state index in [9.17, 15) is 20.1 Å². The Bertz CT molecular complexity index is 812. The van der Waals surface area contributed by atoms with Crippen molar-refractivity contribution >= 4 is 5.78 Å². The molecule has 194 valence electrons. The van der Waals surface area contributed by atoms with Crippen LogP contribution in [0.4, 0.5) is 0 Å². The van der Waals surface area contributed by atoms with Gasteiger partial charge >= 0.3 is 0 Å². The molecule has 1 spiro atoms. The van der Waals surface area contributed by atoms with Crippen LogP contribution in [0.25, 0.3) is 0 Å². The van der Waals surface area contributed by atoms with Crippen LogP contribution in [0.3, 0.4) is 0 Å². The van der Waals surface area contributed by atoms with Gasteiger partial charge in [-0.15, -0.1) is 0 Å². The van der Waals surface area contributed by atoms with E-state index in [1.54, 1.807) is 0 Å². The van der Waals surface area contributed by atoms with E-state index in [1.807, 2.05) is 6.92 Å². The van der Waals surface area contributed by atoms with Crippen LogP contribution >= 0.6 is 0 Å². The summed E-state index contributed by atoms with van der Waals surface area (Å²) in [6, 6.07) is 0. The molecule has 5 fully saturated rings. The second-order valence-electron chi connectivity index (χ2n) is 13.8. The molecule has 1 heterocycles. The van der Waals surface area contributed by atoms with Crippen LogP contribution in [0.15, 0.2) is 0 Å². The Labute approximate surface area is 206 Å². The molecule has 0 radical (unpaired) electrons. The van der Waals surface area contributed by atoms with E-state index < -0.39 is 29.1 Å². The van der Waals surface area contributed by atoms with Crippen molar-refractivity contribution < 1.29 is 24.9 Å². The molecule has 0 aromatic carbocycles. The van der Waals surface area contributed by atoms with Crippen LogP contribution in [0.2, 0.25) is 0 Å². The van der Waals surface area contributed by atoms with E-state index in [2.05, 4.69) is 34.6 Å². The van der Waals surface area contributed by atoms with E-state index in [-0.39, 0.29) is 29.8 Å². The molecule has 4 saturated carbocycles. The number of ether oxygens (including phenoxy) is 1. The molecule has 5 rings (SSSR count). The molecule has 5 nitrogen and oxygen atoms in total. The number of Topliss-reactive ketones (excluding diaryl/α,β-unsaturated/α-hetero) is 1. The first-order chi connectivity index (χ1) is 15.9. The SMILES string of the molecule is CC(C)[C@@H](C)[C@H]1C[C@@H]1[C@@H](C)[C@H]1CC[C@@H]([C@H]2C(=O)[C@@]3(C)CC[C@H](O)C[C@@]34O[C@H]4[C@@H]2O)[C@]1(C)CCO. The molecule has 0 amide bonds. The standard InChI is InChI=1S/C29H48O5/c1-15(2)16(3)19-13-20(19)17(4)21-7-8-22(27(21,5)11-12-30)23-24(32)26-29(34-26)14-18(31)9-10-28(29,6)25(23)33/h15-24,26,30-32H,7-14H2,1-6H3/t16-,17-,18+,19-,20-,21-,22+,23-,24-,26+,27-,28-,29+/m1/s1. The van der Waals surface area contributed by atoms with Crippen LogP contribution < -0.4 is 0 Å². The van der Waals surface area contributed by atoms with Crippen LogP contribution in [-0.4, -0.2) is 51.6 Å². The lowest BCUT2D eigenvalue weighted by molar-refractivity contribution is -0.154. The zero-order valence-corrected chi connectivity index (χ0v) is 22.2. The molecule has 1 aliphatic heterocycles. The van der Waals surface area contributed by atoms with Crippen molar-refractivity contribution in [3.8, 4) is 0 Å². The molecule has 3 N–H and O–H groups in total. The van der Waals surface area contributed by atoms with Gasteiger partial charge in [0.1, 0.15) is 17.5 Å². The van der Waals surface area contributed by atoms with E-state index in [1.165, 1.54) is 6.42 Å². The number of carbonyl (C=O) groups excluding carboxylic acids is 1. The number of aliphatic hydroxyl groups excluding tert-OH is 3. The summed E-state index contributed by atoms with van der Waals surface area (Å²) in [6.45, 7) is 13.9. The van der Waals surface area contributed by atoms with Gasteiger partial charge in [0, 0.05) is 13.0 Å². The minimum atomic E-state index is -0.808. The topological polar surface area (TPSA) is 90.3 Å². The van der Waals surface area contributed by atoms with Crippen molar-refractivity contribution in [3.63, 3.8) is 0 Å². The third-order valence-electron chi connectivity index (χ3n) is 12.2. The minimum absolute atomic E-state index is 0.0696. The highest BCUT2D eigenvalue weighted by atomic mass is 16.6. The summed E-state index contributed by atoms with van der Waals surface area (Å²) in [5.41, 5.74) is -1.47. The fourth-order valence-electron chi connectivity index (χ4n) is 9.55. The van der Waals surface area contributed by atoms with Crippen LogP contribution in [0, 0.1) is 58.2 Å². The Kier molecular flexibility index (Phi) is 6.12. The number of epoxide rings is 1. The smallest absolute Gasteiger partial charge is 0.147 e. The van der Waals surface area contributed by atoms with Crippen molar-refractivity contribution in [2.24, 2.45) is 58.2 Å². The highest BCUT2D eigenvalue weighted by Gasteiger charge is 2.79. The van der Waals surface area contributed by atoms with Gasteiger partial charge in [-0.3, -0.25) is 4.79 Å². The molecule has 34 heavy (non-hydrogen) atoms. The Morgan fingerprint density at radius 3 is 2.41 bits per heavy atom. The van der Waals surface area contributed by atoms with Gasteiger partial charge in [-0.1, -0.05) is 34.6 Å². The summed E-state index contributed by atoms with van der Waals surface area (Å²) < 4.78 is 6.15. The average molecular weight is 477 g/mol. The van der Waals surface area contributed by atoms with Gasteiger partial charge in [-0.2, -0.15) is 0 Å². The lowest BCUT2D eigenvalue weighted by atomic mass is 9.51. The molecule has 4 aliphatic carbocycles. The van der Waals surface area contributed by atoms with Gasteiger partial charge in [0.15, 0.2) is 0 Å². The molecule has 5 aliphatic rings. The van der Waals surface area contributed by atoms with Crippen LogP contribution in [0.5, 0.6) is 0 Å². The van der Waals surface area contributed by atoms with Crippen molar-refractivity contribution in [2.75, 3.05) is 6.61 Å². The molecule has 0 unspecified atom stereocenters. The fraction of sp³-hybridized carbons (Fsp3) is 0.966. The van der Waals surface area contributed by atoms with Gasteiger partial charge in [0.05, 0.1) is 23.5 Å². The Balaban J connectivity index is 1.40. The molecule has 1 saturated heterocycles. The summed E-state index contributed by atoms with van der Waals surface area (Å²) in [4.78, 5) is 14.2. The number of hydrogen-bond acceptors (Lipinski definition) is 5. The van der Waals surface area contributed by atoms with Crippen LogP contribution in [0.1, 0.15) is 86.5 Å². The normalized spacial score (nSPS) is 53.9. The van der Waals surface area contributed by atoms with E-state index >= 15 is 0 Å². The van der Waals surface area contributed by atoms with Gasteiger partial charge in [-0.05, 0) is 92.3 Å². The molecule has 13 atom stereocenters. The van der Waals surface area contributed by atoms with Gasteiger partial charge in [0.25, 0.3) is 0 Å². The number of aliphatic hydroxyl groups is 3. The number of hydrogen-bond donors (Lipinski definition) is 3. The highest BCUT2D eigenvalue weighted by Crippen LogP contribution is 2.68. The summed E-state index contributed by atoms with van der Waals surface area (Å²) in [7, 11) is 0. The molecule has 5 heteroatoms. The lowest BCUT2D eigenvalue weighted by Gasteiger charge is -2.50. The van der Waals surface area contributed by atoms with Crippen LogP contribution in [-0.2, 0) is 9.53 Å². The molecular weight excluding hydrogens is 428 g/mol. The largest absolute Gasteiger partial charge is 0.396 e. The van der Waals surface area contributed by atoms with Crippen molar-refractivity contribution in [2.45, 2.75) is 110 Å². The first kappa shape index (κ1) is 25.2. The number of carbonyl (C=O) groups is 1. The molecule has 0 aromatic heterocycles. The maximum Gasteiger partial charge on any atom is 0.147 e. The number of ketones is 1. The Morgan fingerprint density at radius 2 is 1.76 bits per heavy atom. The zero-order valence-electron chi connectivity index (χ0n) is 22.2. The van der Waals surface area contributed by atoms with E-state index in [4.69, 9.17) is 4.74 Å². The highest BCUT2D eigenvalue weighted by molar-refractivity contribution is 5.91. The maximum atomic E-state index is 14.2. The second-order valence-corrected chi connectivity index (χ2v) is 13.8. The fourth-order valence-corrected chi connectivity index (χ4v) is 9.55. The van der Waals surface area contributed by atoms with Crippen molar-refractivity contribution in [3.05, 3.63) is 0 Å². The predicted molar refractivity (Wildman–Crippen MR) is 131 cm³/mol. The molecule has 0 bridgehead atoms. The summed E-state index contributed by atoms with van der Waals surface area (Å²) in [6.07, 6.45) is 4.11. The van der Waals surface area contributed by atoms with Gasteiger partial charge < -0.3 is 20.1 Å². The van der Waals surface area contributed by atoms with E-state index in [0.29, 0.717) is 43.4 Å². The minimum Gasteiger partial charge on any atom is -0.396 e. The predicted octanol–water partition coefficient (Wildman–Crippen LogP) is 4.21. The average Bonchev–Trinajstić information content (AvgIpc) is 3.68. The Morgan fingerprint density at radius 1 is 1.06 bits per heavy atom. The van der Waals surface area contributed by atoms with Crippen molar-refractivity contribution in [1.29, 1.82) is 0 Å². The third-order valence-corrected chi connectivity index (χ3v) is 12.2. The van der Waals surface area contributed by atoms with Crippen molar-refractivity contribution in [1.82, 2.24) is 0 Å². The first-order valence-electron chi connectivity index (χ1n) is 14.1. The monoisotopic (exact) mass is 476 g/mol. The summed E-state index contributed by atoms with van der Waals surface area (Å²) >= 11 is 0. The number of rotatable bonds is 7. The molecular formula is C29H48O5. The maximum absolute atomic E-state index is 14.2. The van der Waals surface area contributed by atoms with Gasteiger partial charge in [-0.25, -0.2) is 0 Å². The lowest BCUT2D eigenvalue weighted by Crippen LogP contribution is -2.62. The molecule has 0 aromatic rings.